The van der Waals surface area contributed by atoms with Crippen LogP contribution in [0.1, 0.15) is 11.9 Å². The second kappa shape index (κ2) is 11.1. The van der Waals surface area contributed by atoms with Crippen molar-refractivity contribution in [2.45, 2.75) is 6.04 Å². The Morgan fingerprint density at radius 1 is 0.490 bits per heavy atom. The highest BCUT2D eigenvalue weighted by Crippen LogP contribution is 2.46. The van der Waals surface area contributed by atoms with E-state index >= 15 is 0 Å². The third kappa shape index (κ3) is 4.49. The number of rotatable bonds is 4. The van der Waals surface area contributed by atoms with Gasteiger partial charge in [0.25, 0.3) is 0 Å². The quantitative estimate of drug-likeness (QED) is 0.195. The summed E-state index contributed by atoms with van der Waals surface area (Å²) in [7, 11) is 0. The summed E-state index contributed by atoms with van der Waals surface area (Å²) in [6, 6.07) is 47.0. The summed E-state index contributed by atoms with van der Waals surface area (Å²) in [5.41, 5.74) is 6.60. The zero-order valence-electron chi connectivity index (χ0n) is 26.6. The molecule has 4 heteroatoms. The van der Waals surface area contributed by atoms with Gasteiger partial charge in [-0.3, -0.25) is 0 Å². The van der Waals surface area contributed by atoms with Gasteiger partial charge in [0.05, 0.1) is 17.1 Å². The Kier molecular flexibility index (Phi) is 6.28. The van der Waals surface area contributed by atoms with E-state index in [1.807, 2.05) is 36.4 Å². The number of nitrogens with zero attached hydrogens (tertiary/aromatic N) is 4. The molecule has 0 saturated heterocycles. The second-order valence-corrected chi connectivity index (χ2v) is 12.8. The number of hydrogen-bond donors (Lipinski definition) is 0. The Balaban J connectivity index is 1.26. The molecule has 6 aromatic carbocycles. The number of fused-ring (bicyclic) bond motifs is 8. The minimum atomic E-state index is -0.0179. The van der Waals surface area contributed by atoms with E-state index in [9.17, 15) is 0 Å². The van der Waals surface area contributed by atoms with Crippen molar-refractivity contribution >= 4 is 48.9 Å². The topological polar surface area (TPSA) is 43.6 Å². The van der Waals surface area contributed by atoms with Gasteiger partial charge in [-0.1, -0.05) is 146 Å². The van der Waals surface area contributed by atoms with E-state index in [0.717, 1.165) is 16.7 Å². The summed E-state index contributed by atoms with van der Waals surface area (Å²) < 4.78 is 2.56. The minimum Gasteiger partial charge on any atom is -0.332 e. The van der Waals surface area contributed by atoms with Crippen molar-refractivity contribution in [2.24, 2.45) is 5.92 Å². The number of benzene rings is 6. The smallest absolute Gasteiger partial charge is 0.164 e. The predicted octanol–water partition coefficient (Wildman–Crippen LogP) is 10.9. The molecule has 0 N–H and O–H groups in total. The average molecular weight is 627 g/mol. The fourth-order valence-corrected chi connectivity index (χ4v) is 7.75. The monoisotopic (exact) mass is 626 g/mol. The van der Waals surface area contributed by atoms with Crippen molar-refractivity contribution in [3.05, 3.63) is 181 Å². The predicted molar refractivity (Wildman–Crippen MR) is 202 cm³/mol. The van der Waals surface area contributed by atoms with E-state index < -0.39 is 0 Å². The SMILES string of the molecule is C1=CC2=CC(c3nc(-c4ccccc4)nc(-c4ccccc4)n3)=CC(n3c4ccc5ccccc5c4c4c5ccccc5ccc43)C2C=C1. The maximum absolute atomic E-state index is 5.13. The lowest BCUT2D eigenvalue weighted by Gasteiger charge is -2.32. The molecule has 2 atom stereocenters. The number of allylic oxidation sites excluding steroid dienone is 8. The van der Waals surface area contributed by atoms with Gasteiger partial charge in [0.1, 0.15) is 0 Å². The Bertz CT molecular complexity index is 2560. The molecule has 0 spiro atoms. The lowest BCUT2D eigenvalue weighted by molar-refractivity contribution is 0.536. The number of aromatic nitrogens is 4. The average Bonchev–Trinajstić information content (AvgIpc) is 3.53. The first-order valence-electron chi connectivity index (χ1n) is 16.8. The minimum absolute atomic E-state index is 0.0179. The summed E-state index contributed by atoms with van der Waals surface area (Å²) >= 11 is 0. The standard InChI is InChI=1S/C45H30N4/c1-3-15-31(16-4-1)43-46-44(32-17-5-2-6-18-32)48-45(47-43)34-27-33-19-9-10-20-35(33)40(28-34)49-38-25-23-29-13-7-11-21-36(29)41(38)42-37-22-12-8-14-30(37)24-26-39(42)49/h1-28,35,40H. The zero-order valence-corrected chi connectivity index (χ0v) is 26.6. The van der Waals surface area contributed by atoms with Crippen molar-refractivity contribution in [1.82, 2.24) is 19.5 Å². The van der Waals surface area contributed by atoms with Crippen LogP contribution in [-0.2, 0) is 0 Å². The summed E-state index contributed by atoms with van der Waals surface area (Å²) in [4.78, 5) is 15.2. The van der Waals surface area contributed by atoms with E-state index in [1.165, 1.54) is 48.9 Å². The molecule has 2 unspecified atom stereocenters. The van der Waals surface area contributed by atoms with Crippen LogP contribution in [0, 0.1) is 5.92 Å². The van der Waals surface area contributed by atoms with Crippen LogP contribution in [0.4, 0.5) is 0 Å². The van der Waals surface area contributed by atoms with Crippen LogP contribution in [0.15, 0.2) is 175 Å². The van der Waals surface area contributed by atoms with Gasteiger partial charge >= 0.3 is 0 Å². The molecule has 0 amide bonds. The van der Waals surface area contributed by atoms with E-state index in [-0.39, 0.29) is 12.0 Å². The van der Waals surface area contributed by atoms with E-state index in [4.69, 9.17) is 15.0 Å². The fourth-order valence-electron chi connectivity index (χ4n) is 7.75. The Morgan fingerprint density at radius 2 is 1.02 bits per heavy atom. The van der Waals surface area contributed by atoms with Crippen molar-refractivity contribution < 1.29 is 0 Å². The van der Waals surface area contributed by atoms with Crippen LogP contribution in [0.3, 0.4) is 0 Å². The maximum atomic E-state index is 5.13. The Hall–Kier alpha value is -6.39. The third-order valence-electron chi connectivity index (χ3n) is 9.98. The van der Waals surface area contributed by atoms with E-state index in [0.29, 0.717) is 17.5 Å². The van der Waals surface area contributed by atoms with Crippen molar-refractivity contribution in [2.75, 3.05) is 0 Å². The molecule has 8 aromatic rings. The third-order valence-corrected chi connectivity index (χ3v) is 9.98. The van der Waals surface area contributed by atoms with Crippen LogP contribution in [0.2, 0.25) is 0 Å². The maximum Gasteiger partial charge on any atom is 0.164 e. The first-order chi connectivity index (χ1) is 24.3. The summed E-state index contributed by atoms with van der Waals surface area (Å²) in [6.07, 6.45) is 13.5. The van der Waals surface area contributed by atoms with Gasteiger partial charge in [0.2, 0.25) is 0 Å². The first kappa shape index (κ1) is 27.7. The molecule has 0 saturated carbocycles. The molecule has 0 bridgehead atoms. The molecule has 4 nitrogen and oxygen atoms in total. The molecule has 0 aliphatic heterocycles. The molecule has 2 aliphatic rings. The van der Waals surface area contributed by atoms with Gasteiger partial charge in [-0.15, -0.1) is 0 Å². The van der Waals surface area contributed by atoms with Gasteiger partial charge in [0.15, 0.2) is 17.5 Å². The molecular weight excluding hydrogens is 597 g/mol. The highest BCUT2D eigenvalue weighted by molar-refractivity contribution is 6.28. The van der Waals surface area contributed by atoms with Gasteiger partial charge in [0, 0.05) is 33.4 Å². The Labute approximate surface area is 283 Å². The highest BCUT2D eigenvalue weighted by Gasteiger charge is 2.31. The molecule has 49 heavy (non-hydrogen) atoms. The fraction of sp³-hybridized carbons (Fsp3) is 0.0444. The molecular formula is C45H30N4. The lowest BCUT2D eigenvalue weighted by Crippen LogP contribution is -2.22. The number of hydrogen-bond acceptors (Lipinski definition) is 3. The largest absolute Gasteiger partial charge is 0.332 e. The van der Waals surface area contributed by atoms with Crippen molar-refractivity contribution in [1.29, 1.82) is 0 Å². The molecule has 10 rings (SSSR count). The second-order valence-electron chi connectivity index (χ2n) is 12.8. The van der Waals surface area contributed by atoms with Crippen LogP contribution < -0.4 is 0 Å². The normalized spacial score (nSPS) is 17.1. The van der Waals surface area contributed by atoms with Gasteiger partial charge < -0.3 is 4.57 Å². The van der Waals surface area contributed by atoms with E-state index in [2.05, 4.69) is 138 Å². The van der Waals surface area contributed by atoms with Gasteiger partial charge in [-0.2, -0.15) is 0 Å². The van der Waals surface area contributed by atoms with Gasteiger partial charge in [-0.25, -0.2) is 15.0 Å². The molecule has 2 aliphatic carbocycles. The van der Waals surface area contributed by atoms with E-state index in [1.54, 1.807) is 0 Å². The molecule has 2 heterocycles. The van der Waals surface area contributed by atoms with Gasteiger partial charge in [-0.05, 0) is 51.4 Å². The zero-order chi connectivity index (χ0) is 32.3. The lowest BCUT2D eigenvalue weighted by atomic mass is 9.81. The summed E-state index contributed by atoms with van der Waals surface area (Å²) in [5.74, 6) is 2.14. The summed E-state index contributed by atoms with van der Waals surface area (Å²) in [6.45, 7) is 0. The molecule has 0 radical (unpaired) electrons. The van der Waals surface area contributed by atoms with Crippen LogP contribution in [0.25, 0.3) is 71.7 Å². The Morgan fingerprint density at radius 3 is 1.61 bits per heavy atom. The van der Waals surface area contributed by atoms with Crippen molar-refractivity contribution in [3.8, 4) is 22.8 Å². The highest BCUT2D eigenvalue weighted by atomic mass is 15.0. The van der Waals surface area contributed by atoms with Crippen LogP contribution in [0.5, 0.6) is 0 Å². The molecule has 2 aromatic heterocycles. The molecule has 0 fully saturated rings. The first-order valence-corrected chi connectivity index (χ1v) is 16.8. The summed E-state index contributed by atoms with van der Waals surface area (Å²) in [5, 5.41) is 7.62. The van der Waals surface area contributed by atoms with Crippen LogP contribution in [-0.4, -0.2) is 19.5 Å². The van der Waals surface area contributed by atoms with Crippen LogP contribution >= 0.6 is 0 Å². The van der Waals surface area contributed by atoms with Crippen molar-refractivity contribution in [3.63, 3.8) is 0 Å². The molecule has 230 valence electrons.